The predicted octanol–water partition coefficient (Wildman–Crippen LogP) is -1.77. The maximum absolute atomic E-state index is 12.4. The summed E-state index contributed by atoms with van der Waals surface area (Å²) >= 11 is 0. The van der Waals surface area contributed by atoms with Gasteiger partial charge in [0.1, 0.15) is 0 Å². The second kappa shape index (κ2) is 3.60. The van der Waals surface area contributed by atoms with Crippen LogP contribution in [0.3, 0.4) is 0 Å². The van der Waals surface area contributed by atoms with E-state index in [-0.39, 0.29) is 13.1 Å². The quantitative estimate of drug-likeness (QED) is 0.489. The molecule has 118 valence electrons. The Labute approximate surface area is 125 Å². The van der Waals surface area contributed by atoms with Gasteiger partial charge in [0.25, 0.3) is 0 Å². The van der Waals surface area contributed by atoms with Gasteiger partial charge >= 0.3 is 12.1 Å². The van der Waals surface area contributed by atoms with Gasteiger partial charge in [0, 0.05) is 0 Å². The average molecular weight is 308 g/mol. The lowest BCUT2D eigenvalue weighted by Gasteiger charge is -2.70. The molecule has 4 rings (SSSR count). The summed E-state index contributed by atoms with van der Waals surface area (Å²) < 4.78 is 0. The zero-order chi connectivity index (χ0) is 16.0. The van der Waals surface area contributed by atoms with Crippen LogP contribution in [-0.4, -0.2) is 70.1 Å². The van der Waals surface area contributed by atoms with Crippen molar-refractivity contribution >= 4 is 23.9 Å². The molecule has 0 radical (unpaired) electrons. The minimum absolute atomic E-state index is 0.0178. The number of carbonyl (C=O) groups excluding carboxylic acids is 4. The van der Waals surface area contributed by atoms with Gasteiger partial charge in [-0.3, -0.25) is 20.2 Å². The summed E-state index contributed by atoms with van der Waals surface area (Å²) in [5.74, 6) is -1.03. The van der Waals surface area contributed by atoms with Crippen molar-refractivity contribution in [3.05, 3.63) is 0 Å². The number of urea groups is 2. The maximum Gasteiger partial charge on any atom is 0.324 e. The molecule has 4 fully saturated rings. The van der Waals surface area contributed by atoms with E-state index in [1.165, 1.54) is 9.80 Å². The summed E-state index contributed by atoms with van der Waals surface area (Å²) in [6.45, 7) is 3.30. The molecule has 0 aromatic carbocycles. The normalized spacial score (nSPS) is 46.4. The highest BCUT2D eigenvalue weighted by atomic mass is 16.3. The summed E-state index contributed by atoms with van der Waals surface area (Å²) in [6, 6.07) is -2.39. The smallest absolute Gasteiger partial charge is 0.324 e. The van der Waals surface area contributed by atoms with E-state index in [0.717, 1.165) is 0 Å². The number of aliphatic hydroxyl groups is 1. The molecule has 1 aliphatic carbocycles. The van der Waals surface area contributed by atoms with Gasteiger partial charge in [-0.2, -0.15) is 0 Å². The lowest BCUT2D eigenvalue weighted by Crippen LogP contribution is -2.90. The highest BCUT2D eigenvalue weighted by molar-refractivity contribution is 6.10. The Bertz CT molecular complexity index is 596. The molecular formula is C13H16N4O5. The molecule has 4 aliphatic rings. The highest BCUT2D eigenvalue weighted by Gasteiger charge is 2.81. The Hall–Kier alpha value is -2.16. The van der Waals surface area contributed by atoms with Crippen LogP contribution in [0, 0.1) is 10.8 Å². The number of imide groups is 2. The molecule has 0 bridgehead atoms. The van der Waals surface area contributed by atoms with Crippen molar-refractivity contribution in [3.63, 3.8) is 0 Å². The lowest BCUT2D eigenvalue weighted by molar-refractivity contribution is -0.209. The fourth-order valence-corrected chi connectivity index (χ4v) is 4.61. The zero-order valence-electron chi connectivity index (χ0n) is 12.1. The van der Waals surface area contributed by atoms with Crippen LogP contribution in [0.5, 0.6) is 0 Å². The average Bonchev–Trinajstić information content (AvgIpc) is 2.59. The number of hydrogen-bond donors (Lipinski definition) is 3. The Kier molecular flexibility index (Phi) is 2.21. The first-order valence-corrected chi connectivity index (χ1v) is 7.15. The molecule has 22 heavy (non-hydrogen) atoms. The van der Waals surface area contributed by atoms with Gasteiger partial charge in [0.2, 0.25) is 11.8 Å². The summed E-state index contributed by atoms with van der Waals surface area (Å²) in [4.78, 5) is 51.9. The van der Waals surface area contributed by atoms with Crippen LogP contribution < -0.4 is 10.6 Å². The van der Waals surface area contributed by atoms with E-state index in [9.17, 15) is 24.3 Å². The van der Waals surface area contributed by atoms with E-state index in [1.807, 2.05) is 0 Å². The summed E-state index contributed by atoms with van der Waals surface area (Å²) in [6.07, 6.45) is -0.933. The largest absolute Gasteiger partial charge is 0.389 e. The van der Waals surface area contributed by atoms with Crippen LogP contribution in [0.25, 0.3) is 0 Å². The predicted molar refractivity (Wildman–Crippen MR) is 70.3 cm³/mol. The molecule has 1 saturated carbocycles. The molecule has 9 nitrogen and oxygen atoms in total. The van der Waals surface area contributed by atoms with E-state index in [1.54, 1.807) is 13.8 Å². The third-order valence-electron chi connectivity index (χ3n) is 5.95. The minimum Gasteiger partial charge on any atom is -0.389 e. The number of fused-ring (bicyclic) bond motifs is 1. The molecule has 0 aromatic rings. The maximum atomic E-state index is 12.4. The van der Waals surface area contributed by atoms with Gasteiger partial charge in [-0.15, -0.1) is 0 Å². The molecule has 3 heterocycles. The second-order valence-electron chi connectivity index (χ2n) is 6.77. The summed E-state index contributed by atoms with van der Waals surface area (Å²) in [5, 5.41) is 14.6. The molecule has 9 heteroatoms. The standard InChI is InChI=1S/C13H16N4O5/c1-12-6-7-13(12,2)9(20)15-11(22)17(7)4-5(18)3-16(6)10(21)14-8(12)19/h5-7,18H,3-4H2,1-2H3,(H,14,19,21)(H,15,20,22). The van der Waals surface area contributed by atoms with Crippen molar-refractivity contribution in [3.8, 4) is 0 Å². The molecule has 3 saturated heterocycles. The molecular weight excluding hydrogens is 292 g/mol. The van der Waals surface area contributed by atoms with Crippen molar-refractivity contribution in [1.29, 1.82) is 0 Å². The van der Waals surface area contributed by atoms with Crippen LogP contribution >= 0.6 is 0 Å². The van der Waals surface area contributed by atoms with Crippen molar-refractivity contribution in [2.24, 2.45) is 10.8 Å². The molecule has 6 amide bonds. The van der Waals surface area contributed by atoms with Gasteiger partial charge in [-0.25, -0.2) is 9.59 Å². The fourth-order valence-electron chi connectivity index (χ4n) is 4.61. The number of amides is 6. The third kappa shape index (κ3) is 1.13. The van der Waals surface area contributed by atoms with E-state index >= 15 is 0 Å². The number of carbonyl (C=O) groups is 4. The van der Waals surface area contributed by atoms with Crippen molar-refractivity contribution < 1.29 is 24.3 Å². The van der Waals surface area contributed by atoms with E-state index in [4.69, 9.17) is 0 Å². The van der Waals surface area contributed by atoms with Crippen LogP contribution in [0.4, 0.5) is 9.59 Å². The lowest BCUT2D eigenvalue weighted by atomic mass is 9.42. The first-order valence-electron chi connectivity index (χ1n) is 7.15. The minimum atomic E-state index is -1.14. The summed E-state index contributed by atoms with van der Waals surface area (Å²) in [7, 11) is 0. The van der Waals surface area contributed by atoms with E-state index in [0.29, 0.717) is 0 Å². The fraction of sp³-hybridized carbons (Fsp3) is 0.692. The Morgan fingerprint density at radius 1 is 0.909 bits per heavy atom. The SMILES string of the molecule is CC12C(=O)NC(=O)N3CC(O)CN4C(=O)NC(=O)C1(C)C4C32. The van der Waals surface area contributed by atoms with Crippen molar-refractivity contribution in [2.45, 2.75) is 32.0 Å². The molecule has 3 N–H and O–H groups in total. The van der Waals surface area contributed by atoms with E-state index < -0.39 is 52.9 Å². The number of hydrogen-bond acceptors (Lipinski definition) is 5. The van der Waals surface area contributed by atoms with Gasteiger partial charge in [0.05, 0.1) is 42.1 Å². The van der Waals surface area contributed by atoms with Crippen molar-refractivity contribution in [1.82, 2.24) is 20.4 Å². The van der Waals surface area contributed by atoms with Crippen LogP contribution in [0.2, 0.25) is 0 Å². The topological polar surface area (TPSA) is 119 Å². The highest BCUT2D eigenvalue weighted by Crippen LogP contribution is 2.63. The Morgan fingerprint density at radius 2 is 1.27 bits per heavy atom. The summed E-state index contributed by atoms with van der Waals surface area (Å²) in [5.41, 5.74) is -2.28. The molecule has 0 aromatic heterocycles. The van der Waals surface area contributed by atoms with Crippen molar-refractivity contribution in [2.75, 3.05) is 13.1 Å². The zero-order valence-corrected chi connectivity index (χ0v) is 12.1. The third-order valence-corrected chi connectivity index (χ3v) is 5.95. The molecule has 3 aliphatic heterocycles. The van der Waals surface area contributed by atoms with E-state index in [2.05, 4.69) is 10.6 Å². The molecule has 4 atom stereocenters. The first kappa shape index (κ1) is 13.5. The number of nitrogens with one attached hydrogen (secondary N) is 2. The Morgan fingerprint density at radius 3 is 1.64 bits per heavy atom. The number of aliphatic hydroxyl groups excluding tert-OH is 1. The molecule has 4 unspecified atom stereocenters. The number of nitrogens with zero attached hydrogens (tertiary/aromatic N) is 2. The molecule has 0 spiro atoms. The first-order chi connectivity index (χ1) is 10.2. The van der Waals surface area contributed by atoms with Crippen LogP contribution in [0.1, 0.15) is 13.8 Å². The van der Waals surface area contributed by atoms with Crippen LogP contribution in [-0.2, 0) is 9.59 Å². The van der Waals surface area contributed by atoms with Crippen LogP contribution in [0.15, 0.2) is 0 Å². The van der Waals surface area contributed by atoms with Gasteiger partial charge in [0.15, 0.2) is 0 Å². The number of rotatable bonds is 0. The van der Waals surface area contributed by atoms with Gasteiger partial charge in [-0.05, 0) is 13.8 Å². The second-order valence-corrected chi connectivity index (χ2v) is 6.77. The van der Waals surface area contributed by atoms with Gasteiger partial charge in [-0.1, -0.05) is 0 Å². The monoisotopic (exact) mass is 308 g/mol. The Balaban J connectivity index is 1.92. The van der Waals surface area contributed by atoms with Gasteiger partial charge < -0.3 is 14.9 Å².